The Morgan fingerprint density at radius 1 is 1.03 bits per heavy atom. The molecule has 5 nitrogen and oxygen atoms in total. The lowest BCUT2D eigenvalue weighted by atomic mass is 10.0. The van der Waals surface area contributed by atoms with Crippen molar-refractivity contribution in [3.8, 4) is 5.75 Å². The second kappa shape index (κ2) is 12.4. The number of benzene rings is 2. The van der Waals surface area contributed by atoms with E-state index in [4.69, 9.17) is 4.74 Å². The van der Waals surface area contributed by atoms with E-state index < -0.39 is 6.04 Å². The molecule has 5 heteroatoms. The number of nitrogens with one attached hydrogen (secondary N) is 1. The van der Waals surface area contributed by atoms with Gasteiger partial charge in [-0.1, -0.05) is 82.1 Å². The number of carbonyl (C=O) groups is 2. The first-order valence-electron chi connectivity index (χ1n) is 12.3. The average molecular weight is 451 g/mol. The Bertz CT molecular complexity index is 891. The standard InChI is InChI=1S/C28H38N2O3/c1-4-25(28(32)29-23-14-8-9-15-23)30(19-18-22-12-6-5-7-13-22)27(31)20-33-26-17-11-10-16-24(26)21(2)3/h5-7,10-13,16-17,21,23,25H,4,8-9,14-15,18-20H2,1-3H3,(H,29,32)/t25-/m1/s1. The minimum absolute atomic E-state index is 0.0478. The van der Waals surface area contributed by atoms with Crippen LogP contribution in [0.3, 0.4) is 0 Å². The van der Waals surface area contributed by atoms with Crippen LogP contribution in [0.5, 0.6) is 5.75 Å². The van der Waals surface area contributed by atoms with Gasteiger partial charge in [0.05, 0.1) is 0 Å². The Morgan fingerprint density at radius 2 is 1.70 bits per heavy atom. The Hall–Kier alpha value is -2.82. The highest BCUT2D eigenvalue weighted by Gasteiger charge is 2.30. The molecule has 0 radical (unpaired) electrons. The zero-order valence-corrected chi connectivity index (χ0v) is 20.3. The first-order chi connectivity index (χ1) is 16.0. The number of hydrogen-bond acceptors (Lipinski definition) is 3. The van der Waals surface area contributed by atoms with Gasteiger partial charge in [0.1, 0.15) is 11.8 Å². The maximum Gasteiger partial charge on any atom is 0.261 e. The number of nitrogens with zero attached hydrogens (tertiary/aromatic N) is 1. The highest BCUT2D eigenvalue weighted by Crippen LogP contribution is 2.26. The van der Waals surface area contributed by atoms with Crippen LogP contribution in [-0.4, -0.2) is 41.9 Å². The lowest BCUT2D eigenvalue weighted by Crippen LogP contribution is -2.53. The first kappa shape index (κ1) is 24.8. The molecule has 1 saturated carbocycles. The van der Waals surface area contributed by atoms with E-state index in [9.17, 15) is 9.59 Å². The summed E-state index contributed by atoms with van der Waals surface area (Å²) in [5, 5.41) is 3.19. The van der Waals surface area contributed by atoms with Gasteiger partial charge in [0.2, 0.25) is 5.91 Å². The number of para-hydroxylation sites is 1. The third-order valence-electron chi connectivity index (χ3n) is 6.46. The molecule has 3 rings (SSSR count). The maximum absolute atomic E-state index is 13.4. The number of hydrogen-bond donors (Lipinski definition) is 1. The molecule has 0 saturated heterocycles. The van der Waals surface area contributed by atoms with Gasteiger partial charge in [0.25, 0.3) is 5.91 Å². The molecule has 1 aliphatic carbocycles. The van der Waals surface area contributed by atoms with Crippen molar-refractivity contribution in [3.63, 3.8) is 0 Å². The van der Waals surface area contributed by atoms with Crippen LogP contribution in [0.2, 0.25) is 0 Å². The largest absolute Gasteiger partial charge is 0.483 e. The fourth-order valence-electron chi connectivity index (χ4n) is 4.57. The quantitative estimate of drug-likeness (QED) is 0.518. The minimum atomic E-state index is -0.495. The normalized spacial score (nSPS) is 14.8. The highest BCUT2D eigenvalue weighted by molar-refractivity contribution is 5.88. The van der Waals surface area contributed by atoms with E-state index in [-0.39, 0.29) is 24.5 Å². The molecule has 0 unspecified atom stereocenters. The van der Waals surface area contributed by atoms with Crippen molar-refractivity contribution in [1.29, 1.82) is 0 Å². The molecule has 0 spiro atoms. The summed E-state index contributed by atoms with van der Waals surface area (Å²) < 4.78 is 5.98. The summed E-state index contributed by atoms with van der Waals surface area (Å²) in [6.45, 7) is 6.59. The number of ether oxygens (including phenoxy) is 1. The van der Waals surface area contributed by atoms with Crippen molar-refractivity contribution in [2.75, 3.05) is 13.2 Å². The minimum Gasteiger partial charge on any atom is -0.483 e. The van der Waals surface area contributed by atoms with Gasteiger partial charge in [-0.05, 0) is 48.8 Å². The topological polar surface area (TPSA) is 58.6 Å². The predicted molar refractivity (Wildman–Crippen MR) is 132 cm³/mol. The molecule has 1 aliphatic rings. The lowest BCUT2D eigenvalue weighted by molar-refractivity contribution is -0.142. The van der Waals surface area contributed by atoms with Gasteiger partial charge in [0.15, 0.2) is 6.61 Å². The third-order valence-corrected chi connectivity index (χ3v) is 6.46. The molecule has 0 heterocycles. The molecule has 0 aliphatic heterocycles. The van der Waals surface area contributed by atoms with Crippen LogP contribution in [0.4, 0.5) is 0 Å². The van der Waals surface area contributed by atoms with Crippen LogP contribution in [0.1, 0.15) is 69.9 Å². The Labute approximate surface area is 198 Å². The molecule has 2 aromatic rings. The monoisotopic (exact) mass is 450 g/mol. The van der Waals surface area contributed by atoms with Gasteiger partial charge in [0, 0.05) is 12.6 Å². The molecule has 33 heavy (non-hydrogen) atoms. The molecule has 1 fully saturated rings. The Kier molecular flexibility index (Phi) is 9.35. The number of amides is 2. The summed E-state index contributed by atoms with van der Waals surface area (Å²) in [5.41, 5.74) is 2.22. The summed E-state index contributed by atoms with van der Waals surface area (Å²) in [5.74, 6) is 0.824. The van der Waals surface area contributed by atoms with E-state index in [1.165, 1.54) is 0 Å². The van der Waals surface area contributed by atoms with Crippen LogP contribution in [0.15, 0.2) is 54.6 Å². The third kappa shape index (κ3) is 7.08. The van der Waals surface area contributed by atoms with Crippen LogP contribution < -0.4 is 10.1 Å². The molecular weight excluding hydrogens is 412 g/mol. The van der Waals surface area contributed by atoms with Crippen molar-refractivity contribution in [2.24, 2.45) is 0 Å². The fraction of sp³-hybridized carbons (Fsp3) is 0.500. The van der Waals surface area contributed by atoms with Gasteiger partial charge in [-0.3, -0.25) is 9.59 Å². The van der Waals surface area contributed by atoms with Gasteiger partial charge in [-0.2, -0.15) is 0 Å². The van der Waals surface area contributed by atoms with Crippen LogP contribution in [0, 0.1) is 0 Å². The molecule has 2 aromatic carbocycles. The van der Waals surface area contributed by atoms with E-state index in [1.807, 2.05) is 49.4 Å². The first-order valence-corrected chi connectivity index (χ1v) is 12.3. The van der Waals surface area contributed by atoms with E-state index >= 15 is 0 Å². The molecule has 1 atom stereocenters. The molecule has 0 aromatic heterocycles. The van der Waals surface area contributed by atoms with Gasteiger partial charge in [-0.15, -0.1) is 0 Å². The van der Waals surface area contributed by atoms with Gasteiger partial charge < -0.3 is 15.0 Å². The summed E-state index contributed by atoms with van der Waals surface area (Å²) in [6, 6.07) is 17.7. The zero-order chi connectivity index (χ0) is 23.6. The van der Waals surface area contributed by atoms with Gasteiger partial charge >= 0.3 is 0 Å². The molecule has 0 bridgehead atoms. The van der Waals surface area contributed by atoms with E-state index in [0.29, 0.717) is 25.3 Å². The van der Waals surface area contributed by atoms with E-state index in [1.54, 1.807) is 4.90 Å². The highest BCUT2D eigenvalue weighted by atomic mass is 16.5. The van der Waals surface area contributed by atoms with Crippen molar-refractivity contribution in [3.05, 3.63) is 65.7 Å². The molecular formula is C28H38N2O3. The zero-order valence-electron chi connectivity index (χ0n) is 20.3. The summed E-state index contributed by atoms with van der Waals surface area (Å²) in [7, 11) is 0. The number of carbonyl (C=O) groups excluding carboxylic acids is 2. The number of rotatable bonds is 11. The second-order valence-corrected chi connectivity index (χ2v) is 9.22. The maximum atomic E-state index is 13.4. The van der Waals surface area contributed by atoms with Gasteiger partial charge in [-0.25, -0.2) is 0 Å². The Balaban J connectivity index is 1.73. The summed E-state index contributed by atoms with van der Waals surface area (Å²) >= 11 is 0. The predicted octanol–water partition coefficient (Wildman–Crippen LogP) is 5.10. The molecule has 178 valence electrons. The summed E-state index contributed by atoms with van der Waals surface area (Å²) in [4.78, 5) is 28.3. The molecule has 1 N–H and O–H groups in total. The van der Waals surface area contributed by atoms with Crippen LogP contribution >= 0.6 is 0 Å². The van der Waals surface area contributed by atoms with E-state index in [0.717, 1.165) is 42.6 Å². The summed E-state index contributed by atoms with van der Waals surface area (Å²) in [6.07, 6.45) is 5.62. The van der Waals surface area contributed by atoms with Crippen LogP contribution in [-0.2, 0) is 16.0 Å². The smallest absolute Gasteiger partial charge is 0.261 e. The fourth-order valence-corrected chi connectivity index (χ4v) is 4.57. The average Bonchev–Trinajstić information content (AvgIpc) is 3.33. The second-order valence-electron chi connectivity index (χ2n) is 9.22. The van der Waals surface area contributed by atoms with Crippen LogP contribution in [0.25, 0.3) is 0 Å². The Morgan fingerprint density at radius 3 is 2.36 bits per heavy atom. The van der Waals surface area contributed by atoms with Crippen molar-refractivity contribution in [1.82, 2.24) is 10.2 Å². The van der Waals surface area contributed by atoms with Crippen molar-refractivity contribution >= 4 is 11.8 Å². The van der Waals surface area contributed by atoms with Crippen molar-refractivity contribution in [2.45, 2.75) is 77.3 Å². The lowest BCUT2D eigenvalue weighted by Gasteiger charge is -2.31. The van der Waals surface area contributed by atoms with Crippen molar-refractivity contribution < 1.29 is 14.3 Å². The SMILES string of the molecule is CC[C@H](C(=O)NC1CCCC1)N(CCc1ccccc1)C(=O)COc1ccccc1C(C)C. The van der Waals surface area contributed by atoms with E-state index in [2.05, 4.69) is 31.3 Å². The molecule has 2 amide bonds.